The van der Waals surface area contributed by atoms with E-state index in [0.717, 1.165) is 25.9 Å². The molecule has 0 unspecified atom stereocenters. The van der Waals surface area contributed by atoms with Gasteiger partial charge in [-0.05, 0) is 111 Å². The summed E-state index contributed by atoms with van der Waals surface area (Å²) in [5.74, 6) is 0. The van der Waals surface area contributed by atoms with Gasteiger partial charge in [-0.15, -0.1) is 0 Å². The zero-order valence-corrected chi connectivity index (χ0v) is 30.4. The van der Waals surface area contributed by atoms with Gasteiger partial charge in [0, 0.05) is 12.1 Å². The number of allylic oxidation sites excluding steroid dienone is 6. The summed E-state index contributed by atoms with van der Waals surface area (Å²) in [6.45, 7) is 6.86. The Labute approximate surface area is 291 Å². The Balaban J connectivity index is 0.976. The molecule has 0 fully saturated rings. The van der Waals surface area contributed by atoms with Crippen molar-refractivity contribution in [1.29, 1.82) is 0 Å². The average molecular weight is 669 g/mol. The zero-order chi connectivity index (χ0) is 33.0. The van der Waals surface area contributed by atoms with Crippen molar-refractivity contribution in [3.8, 4) is 0 Å². The van der Waals surface area contributed by atoms with Crippen LogP contribution in [0.4, 0.5) is 0 Å². The quantitative estimate of drug-likeness (QED) is 0.0866. The van der Waals surface area contributed by atoms with E-state index in [4.69, 9.17) is 0 Å². The minimum atomic E-state index is -0.553. The van der Waals surface area contributed by atoms with E-state index in [1.54, 1.807) is 11.1 Å². The van der Waals surface area contributed by atoms with E-state index in [2.05, 4.69) is 170 Å². The van der Waals surface area contributed by atoms with E-state index in [-0.39, 0.29) is 0 Å². The fourth-order valence-corrected chi connectivity index (χ4v) is 12.1. The van der Waals surface area contributed by atoms with Crippen molar-refractivity contribution < 1.29 is 0 Å². The molecule has 0 aromatic heterocycles. The van der Waals surface area contributed by atoms with Gasteiger partial charge >= 0.3 is 0 Å². The van der Waals surface area contributed by atoms with Crippen LogP contribution >= 0.6 is 15.8 Å². The molecule has 2 aliphatic carbocycles. The van der Waals surface area contributed by atoms with Crippen molar-refractivity contribution >= 4 is 37.1 Å². The second-order valence-corrected chi connectivity index (χ2v) is 17.2. The van der Waals surface area contributed by atoms with Gasteiger partial charge in [0.1, 0.15) is 0 Å². The molecule has 0 saturated carbocycles. The summed E-state index contributed by atoms with van der Waals surface area (Å²) >= 11 is 0. The fourth-order valence-electron chi connectivity index (χ4n) is 6.90. The van der Waals surface area contributed by atoms with Crippen molar-refractivity contribution in [3.63, 3.8) is 0 Å². The van der Waals surface area contributed by atoms with Gasteiger partial charge in [-0.2, -0.15) is 0 Å². The molecule has 246 valence electrons. The number of rotatable bonds is 17. The first-order valence-electron chi connectivity index (χ1n) is 17.8. The lowest BCUT2D eigenvalue weighted by Crippen LogP contribution is -2.30. The Bertz CT molecular complexity index is 1490. The van der Waals surface area contributed by atoms with Crippen LogP contribution in [0, 0.1) is 0 Å². The number of hydrogen-bond acceptors (Lipinski definition) is 2. The van der Waals surface area contributed by atoms with Gasteiger partial charge < -0.3 is 10.6 Å². The van der Waals surface area contributed by atoms with E-state index in [1.165, 1.54) is 57.5 Å². The molecule has 0 heterocycles. The molecule has 4 heteroatoms. The van der Waals surface area contributed by atoms with Crippen LogP contribution in [-0.4, -0.2) is 25.2 Å². The van der Waals surface area contributed by atoms with E-state index >= 15 is 0 Å². The fraction of sp³-hybridized carbons (Fsp3) is 0.273. The van der Waals surface area contributed by atoms with Gasteiger partial charge in [0.2, 0.25) is 0 Å². The Morgan fingerprint density at radius 3 is 1.08 bits per heavy atom. The van der Waals surface area contributed by atoms with E-state index in [0.29, 0.717) is 12.1 Å². The first-order valence-corrected chi connectivity index (χ1v) is 20.5. The van der Waals surface area contributed by atoms with Crippen molar-refractivity contribution in [2.24, 2.45) is 0 Å². The van der Waals surface area contributed by atoms with Gasteiger partial charge in [0.05, 0.1) is 0 Å². The van der Waals surface area contributed by atoms with Gasteiger partial charge in [-0.25, -0.2) is 0 Å². The first-order chi connectivity index (χ1) is 23.7. The highest BCUT2D eigenvalue weighted by molar-refractivity contribution is 7.77. The van der Waals surface area contributed by atoms with Crippen molar-refractivity contribution in [2.45, 2.75) is 64.5 Å². The molecule has 0 spiro atoms. The predicted molar refractivity (Wildman–Crippen MR) is 213 cm³/mol. The van der Waals surface area contributed by atoms with E-state index in [1.807, 2.05) is 0 Å². The van der Waals surface area contributed by atoms with Crippen LogP contribution in [0.25, 0.3) is 0 Å². The lowest BCUT2D eigenvalue weighted by atomic mass is 10.1. The highest BCUT2D eigenvalue weighted by Crippen LogP contribution is 2.49. The first kappa shape index (κ1) is 34.5. The van der Waals surface area contributed by atoms with Gasteiger partial charge in [0.15, 0.2) is 0 Å². The summed E-state index contributed by atoms with van der Waals surface area (Å²) in [7, 11) is -1.11. The molecule has 2 atom stereocenters. The molecule has 2 N–H and O–H groups in total. The highest BCUT2D eigenvalue weighted by Gasteiger charge is 2.26. The van der Waals surface area contributed by atoms with Crippen LogP contribution < -0.4 is 31.9 Å². The normalized spacial score (nSPS) is 15.7. The summed E-state index contributed by atoms with van der Waals surface area (Å²) in [6.07, 6.45) is 16.6. The minimum absolute atomic E-state index is 0.384. The molecule has 48 heavy (non-hydrogen) atoms. The smallest absolute Gasteiger partial charge is 0.0263 e. The average Bonchev–Trinajstić information content (AvgIpc) is 3.82. The number of unbranched alkanes of at least 4 members (excludes halogenated alkanes) is 3. The summed E-state index contributed by atoms with van der Waals surface area (Å²) in [4.78, 5) is 0. The Hall–Kier alpha value is -3.38. The monoisotopic (exact) mass is 668 g/mol. The molecule has 0 radical (unpaired) electrons. The topological polar surface area (TPSA) is 24.1 Å². The lowest BCUT2D eigenvalue weighted by molar-refractivity contribution is 0.526. The molecule has 2 nitrogen and oxygen atoms in total. The maximum Gasteiger partial charge on any atom is 0.0263 e. The summed E-state index contributed by atoms with van der Waals surface area (Å²) in [6, 6.07) is 45.1. The van der Waals surface area contributed by atoms with Crippen LogP contribution in [0.1, 0.15) is 52.4 Å². The minimum Gasteiger partial charge on any atom is -0.310 e. The third-order valence-electron chi connectivity index (χ3n) is 9.47. The lowest BCUT2D eigenvalue weighted by Gasteiger charge is -2.25. The third kappa shape index (κ3) is 8.80. The second-order valence-electron chi connectivity index (χ2n) is 12.8. The summed E-state index contributed by atoms with van der Waals surface area (Å²) in [5.41, 5.74) is 3.12. The molecule has 0 amide bonds. The van der Waals surface area contributed by atoms with Crippen LogP contribution in [0.2, 0.25) is 0 Å². The molecule has 0 saturated heterocycles. The van der Waals surface area contributed by atoms with Crippen molar-refractivity contribution in [1.82, 2.24) is 10.6 Å². The molecule has 0 aliphatic heterocycles. The molecule has 4 aromatic rings. The van der Waals surface area contributed by atoms with E-state index in [9.17, 15) is 0 Å². The molecule has 6 rings (SSSR count). The molecular weight excluding hydrogens is 618 g/mol. The Kier molecular flexibility index (Phi) is 12.8. The van der Waals surface area contributed by atoms with Crippen LogP contribution in [0.5, 0.6) is 0 Å². The van der Waals surface area contributed by atoms with Crippen molar-refractivity contribution in [3.05, 3.63) is 167 Å². The Morgan fingerprint density at radius 2 is 0.771 bits per heavy atom. The zero-order valence-electron chi connectivity index (χ0n) is 28.6. The van der Waals surface area contributed by atoms with Gasteiger partial charge in [-0.1, -0.05) is 158 Å². The Morgan fingerprint density at radius 1 is 0.458 bits per heavy atom. The second kappa shape index (κ2) is 17.9. The van der Waals surface area contributed by atoms with Crippen LogP contribution in [-0.2, 0) is 0 Å². The van der Waals surface area contributed by atoms with Gasteiger partial charge in [-0.3, -0.25) is 0 Å². The molecular formula is C44H50N2P2. The molecule has 0 bridgehead atoms. The molecule has 2 aliphatic rings. The maximum atomic E-state index is 3.89. The number of hydrogen-bond donors (Lipinski definition) is 2. The predicted octanol–water partition coefficient (Wildman–Crippen LogP) is 9.20. The van der Waals surface area contributed by atoms with E-state index < -0.39 is 15.8 Å². The SMILES string of the molecule is C[C@H](NCCCCCCN[C@@H](C)C1=C(P(c2ccccc2)c2ccccc2)C=CC1)C1=C(P(c2ccccc2)c2ccccc2)C=CC1. The maximum absolute atomic E-state index is 3.89. The van der Waals surface area contributed by atoms with Crippen molar-refractivity contribution in [2.75, 3.05) is 13.1 Å². The number of benzene rings is 4. The van der Waals surface area contributed by atoms with Gasteiger partial charge in [0.25, 0.3) is 0 Å². The van der Waals surface area contributed by atoms with Crippen LogP contribution in [0.15, 0.2) is 167 Å². The molecule has 4 aromatic carbocycles. The standard InChI is InChI=1S/C44H50N2P2/c1-35(41-29-19-31-43(41)47(37-21-9-5-10-22-37)38-23-11-6-12-24-38)45-33-17-3-4-18-34-46-36(2)42-30-20-32-44(42)48(39-25-13-7-14-26-39)40-27-15-8-16-28-40/h5-16,19-28,31-32,35-36,45-46H,3-4,17-18,29-30,33-34H2,1-2H3/t35-,36-/m0/s1. The highest BCUT2D eigenvalue weighted by atomic mass is 31.1. The third-order valence-corrected chi connectivity index (χ3v) is 14.6. The summed E-state index contributed by atoms with van der Waals surface area (Å²) in [5, 5.41) is 16.5. The number of nitrogens with one attached hydrogen (secondary N) is 2. The largest absolute Gasteiger partial charge is 0.310 e. The summed E-state index contributed by atoms with van der Waals surface area (Å²) < 4.78 is 0. The van der Waals surface area contributed by atoms with Crippen LogP contribution in [0.3, 0.4) is 0 Å².